The van der Waals surface area contributed by atoms with E-state index < -0.39 is 11.7 Å². The van der Waals surface area contributed by atoms with Gasteiger partial charge in [-0.3, -0.25) is 0 Å². The zero-order valence-electron chi connectivity index (χ0n) is 18.0. The molecule has 1 atom stereocenters. The van der Waals surface area contributed by atoms with E-state index in [9.17, 15) is 5.11 Å². The molecule has 4 rings (SSSR count). The summed E-state index contributed by atoms with van der Waals surface area (Å²) in [5.41, 5.74) is 3.19. The van der Waals surface area contributed by atoms with Crippen molar-refractivity contribution in [1.29, 1.82) is 0 Å². The van der Waals surface area contributed by atoms with Gasteiger partial charge in [0.2, 0.25) is 0 Å². The van der Waals surface area contributed by atoms with E-state index in [1.165, 1.54) is 0 Å². The standard InChI is InChI=1S/C29H27O3/c30-21-28(31-22-24-13-5-1-6-14-24)23-32-29(25-15-7-2-8-16-25,26-17-9-3-10-18-26)27-19-11-4-12-20-27/h1-20,28H,21-23H2/q-1. The molecule has 162 valence electrons. The molecule has 0 spiro atoms. The molecule has 3 nitrogen and oxygen atoms in total. The van der Waals surface area contributed by atoms with Crippen LogP contribution in [-0.2, 0) is 21.7 Å². The maximum absolute atomic E-state index is 12.0. The van der Waals surface area contributed by atoms with Gasteiger partial charge in [0.15, 0.2) is 0 Å². The Kier molecular flexibility index (Phi) is 7.47. The van der Waals surface area contributed by atoms with Gasteiger partial charge in [-0.2, -0.15) is 0 Å². The lowest BCUT2D eigenvalue weighted by Crippen LogP contribution is -2.39. The van der Waals surface area contributed by atoms with Crippen molar-refractivity contribution < 1.29 is 14.6 Å². The highest BCUT2D eigenvalue weighted by molar-refractivity contribution is 5.47. The van der Waals surface area contributed by atoms with Crippen LogP contribution in [0.2, 0.25) is 0 Å². The normalized spacial score (nSPS) is 12.4. The molecule has 0 radical (unpaired) electrons. The second kappa shape index (κ2) is 10.9. The van der Waals surface area contributed by atoms with Gasteiger partial charge in [0.1, 0.15) is 5.60 Å². The number of ether oxygens (including phenoxy) is 2. The van der Waals surface area contributed by atoms with Gasteiger partial charge in [-0.15, -0.1) is 6.61 Å². The van der Waals surface area contributed by atoms with Crippen LogP contribution >= 0.6 is 0 Å². The molecule has 0 saturated heterocycles. The highest BCUT2D eigenvalue weighted by Crippen LogP contribution is 2.40. The molecule has 0 heterocycles. The third-order valence-electron chi connectivity index (χ3n) is 5.54. The van der Waals surface area contributed by atoms with Crippen molar-refractivity contribution in [1.82, 2.24) is 0 Å². The summed E-state index contributed by atoms with van der Waals surface area (Å²) in [6.07, 6.45) is -0.564. The van der Waals surface area contributed by atoms with Crippen LogP contribution in [-0.4, -0.2) is 19.3 Å². The molecule has 3 heteroatoms. The lowest BCUT2D eigenvalue weighted by atomic mass is 9.80. The van der Waals surface area contributed by atoms with Gasteiger partial charge in [0, 0.05) is 0 Å². The van der Waals surface area contributed by atoms with Crippen molar-refractivity contribution in [2.45, 2.75) is 18.3 Å². The molecule has 0 aliphatic carbocycles. The number of hydrogen-bond acceptors (Lipinski definition) is 3. The van der Waals surface area contributed by atoms with E-state index in [0.29, 0.717) is 6.61 Å². The lowest BCUT2D eigenvalue weighted by Gasteiger charge is -2.37. The highest BCUT2D eigenvalue weighted by atomic mass is 16.5. The maximum Gasteiger partial charge on any atom is 0.143 e. The number of hydrogen-bond donors (Lipinski definition) is 0. The van der Waals surface area contributed by atoms with Gasteiger partial charge in [0.05, 0.1) is 19.3 Å². The second-order valence-electron chi connectivity index (χ2n) is 7.68. The summed E-state index contributed by atoms with van der Waals surface area (Å²) in [6, 6.07) is 40.3. The van der Waals surface area contributed by atoms with Crippen LogP contribution in [0.5, 0.6) is 0 Å². The smallest absolute Gasteiger partial charge is 0.143 e. The average molecular weight is 424 g/mol. The summed E-state index contributed by atoms with van der Waals surface area (Å²) >= 11 is 0. The lowest BCUT2D eigenvalue weighted by molar-refractivity contribution is -0.389. The van der Waals surface area contributed by atoms with Crippen LogP contribution in [0.3, 0.4) is 0 Å². The van der Waals surface area contributed by atoms with Crippen LogP contribution < -0.4 is 5.11 Å². The highest BCUT2D eigenvalue weighted by Gasteiger charge is 2.37. The molecular weight excluding hydrogens is 396 g/mol. The zero-order valence-corrected chi connectivity index (χ0v) is 18.0. The third-order valence-corrected chi connectivity index (χ3v) is 5.54. The van der Waals surface area contributed by atoms with E-state index in [2.05, 4.69) is 36.4 Å². The van der Waals surface area contributed by atoms with E-state index in [-0.39, 0.29) is 13.2 Å². The monoisotopic (exact) mass is 423 g/mol. The number of benzene rings is 4. The molecule has 0 aliphatic rings. The first-order valence-corrected chi connectivity index (χ1v) is 10.9. The van der Waals surface area contributed by atoms with E-state index in [1.54, 1.807) is 0 Å². The van der Waals surface area contributed by atoms with E-state index in [0.717, 1.165) is 22.3 Å². The van der Waals surface area contributed by atoms with E-state index in [4.69, 9.17) is 9.47 Å². The molecule has 0 saturated carbocycles. The predicted octanol–water partition coefficient (Wildman–Crippen LogP) is 4.94. The fraction of sp³-hybridized carbons (Fsp3) is 0.172. The van der Waals surface area contributed by atoms with Crippen LogP contribution in [0, 0.1) is 0 Å². The van der Waals surface area contributed by atoms with Gasteiger partial charge in [0.25, 0.3) is 0 Å². The SMILES string of the molecule is [O-]CC(COC(c1ccccc1)(c1ccccc1)c1ccccc1)OCc1ccccc1. The minimum atomic E-state index is -0.854. The molecule has 0 aromatic heterocycles. The molecule has 0 N–H and O–H groups in total. The summed E-state index contributed by atoms with van der Waals surface area (Å²) in [5, 5.41) is 12.0. The van der Waals surface area contributed by atoms with Crippen LogP contribution in [0.15, 0.2) is 121 Å². The maximum atomic E-state index is 12.0. The predicted molar refractivity (Wildman–Crippen MR) is 125 cm³/mol. The topological polar surface area (TPSA) is 41.5 Å². The summed E-state index contributed by atoms with van der Waals surface area (Å²) in [4.78, 5) is 0. The van der Waals surface area contributed by atoms with Crippen molar-refractivity contribution in [3.8, 4) is 0 Å². The Bertz CT molecular complexity index is 954. The Balaban J connectivity index is 1.67. The third kappa shape index (κ3) is 4.97. The summed E-state index contributed by atoms with van der Waals surface area (Å²) in [7, 11) is 0. The minimum Gasteiger partial charge on any atom is -0.853 e. The van der Waals surface area contributed by atoms with E-state index >= 15 is 0 Å². The van der Waals surface area contributed by atoms with Crippen molar-refractivity contribution in [3.63, 3.8) is 0 Å². The van der Waals surface area contributed by atoms with Gasteiger partial charge in [-0.25, -0.2) is 0 Å². The Morgan fingerprint density at radius 3 is 1.41 bits per heavy atom. The quantitative estimate of drug-likeness (QED) is 0.339. The molecule has 0 bridgehead atoms. The van der Waals surface area contributed by atoms with E-state index in [1.807, 2.05) is 84.9 Å². The average Bonchev–Trinajstić information content (AvgIpc) is 2.89. The molecule has 0 aliphatic heterocycles. The minimum absolute atomic E-state index is 0.176. The molecule has 32 heavy (non-hydrogen) atoms. The Hall–Kier alpha value is -3.24. The van der Waals surface area contributed by atoms with Crippen LogP contribution in [0.4, 0.5) is 0 Å². The number of rotatable bonds is 10. The molecule has 0 amide bonds. The first-order chi connectivity index (χ1) is 15.8. The molecule has 4 aromatic rings. The Labute approximate surface area is 189 Å². The Morgan fingerprint density at radius 1 is 0.594 bits per heavy atom. The van der Waals surface area contributed by atoms with Crippen molar-refractivity contribution >= 4 is 0 Å². The molecular formula is C29H27O3-. The first-order valence-electron chi connectivity index (χ1n) is 10.9. The van der Waals surface area contributed by atoms with Gasteiger partial charge < -0.3 is 14.6 Å². The molecule has 4 aromatic carbocycles. The summed E-state index contributed by atoms with van der Waals surface area (Å²) in [5.74, 6) is 0. The van der Waals surface area contributed by atoms with Gasteiger partial charge in [-0.1, -0.05) is 121 Å². The second-order valence-corrected chi connectivity index (χ2v) is 7.68. The van der Waals surface area contributed by atoms with Crippen molar-refractivity contribution in [3.05, 3.63) is 144 Å². The van der Waals surface area contributed by atoms with Crippen LogP contribution in [0.1, 0.15) is 22.3 Å². The molecule has 1 unspecified atom stereocenters. The molecule has 0 fully saturated rings. The fourth-order valence-corrected chi connectivity index (χ4v) is 3.92. The van der Waals surface area contributed by atoms with Gasteiger partial charge in [-0.05, 0) is 22.3 Å². The summed E-state index contributed by atoms with van der Waals surface area (Å²) < 4.78 is 12.6. The Morgan fingerprint density at radius 2 is 1.00 bits per heavy atom. The first kappa shape index (κ1) is 22.0. The van der Waals surface area contributed by atoms with Crippen molar-refractivity contribution in [2.24, 2.45) is 0 Å². The summed E-state index contributed by atoms with van der Waals surface area (Å²) in [6.45, 7) is 0.183. The van der Waals surface area contributed by atoms with Crippen molar-refractivity contribution in [2.75, 3.05) is 13.2 Å². The van der Waals surface area contributed by atoms with Gasteiger partial charge >= 0.3 is 0 Å². The zero-order chi connectivity index (χ0) is 22.1. The fourth-order valence-electron chi connectivity index (χ4n) is 3.92. The van der Waals surface area contributed by atoms with Crippen LogP contribution in [0.25, 0.3) is 0 Å². The largest absolute Gasteiger partial charge is 0.853 e.